The van der Waals surface area contributed by atoms with Crippen LogP contribution < -0.4 is 5.32 Å². The molecular weight excluding hydrogens is 270 g/mol. The predicted octanol–water partition coefficient (Wildman–Crippen LogP) is 2.34. The van der Waals surface area contributed by atoms with Crippen LogP contribution in [0.5, 0.6) is 0 Å². The van der Waals surface area contributed by atoms with Gasteiger partial charge in [-0.3, -0.25) is 9.80 Å². The molecule has 2 fully saturated rings. The Bertz CT molecular complexity index is 437. The number of likely N-dealkylation sites (tertiary alicyclic amines) is 1. The number of benzene rings is 1. The van der Waals surface area contributed by atoms with E-state index in [9.17, 15) is 0 Å². The zero-order chi connectivity index (χ0) is 13.8. The molecule has 0 atom stereocenters. The minimum Gasteiger partial charge on any atom is -0.314 e. The van der Waals surface area contributed by atoms with Crippen LogP contribution in [0, 0.1) is 0 Å². The van der Waals surface area contributed by atoms with Crippen LogP contribution in [0.25, 0.3) is 0 Å². The zero-order valence-electron chi connectivity index (χ0n) is 12.1. The highest BCUT2D eigenvalue weighted by Crippen LogP contribution is 2.22. The number of nitrogens with one attached hydrogen (secondary N) is 1. The van der Waals surface area contributed by atoms with Crippen LogP contribution in [-0.4, -0.2) is 49.1 Å². The van der Waals surface area contributed by atoms with Crippen molar-refractivity contribution in [2.45, 2.75) is 25.9 Å². The Labute approximate surface area is 126 Å². The highest BCUT2D eigenvalue weighted by atomic mass is 35.5. The number of halogens is 1. The lowest BCUT2D eigenvalue weighted by Crippen LogP contribution is -2.42. The van der Waals surface area contributed by atoms with Gasteiger partial charge in [-0.15, -0.1) is 0 Å². The molecule has 3 nitrogen and oxygen atoms in total. The molecule has 1 N–H and O–H groups in total. The number of piperazine rings is 1. The zero-order valence-corrected chi connectivity index (χ0v) is 12.8. The van der Waals surface area contributed by atoms with E-state index in [1.54, 1.807) is 0 Å². The van der Waals surface area contributed by atoms with Gasteiger partial charge in [0.05, 0.1) is 0 Å². The summed E-state index contributed by atoms with van der Waals surface area (Å²) in [6.07, 6.45) is 2.66. The van der Waals surface area contributed by atoms with Crippen molar-refractivity contribution < 1.29 is 0 Å². The monoisotopic (exact) mass is 293 g/mol. The smallest absolute Gasteiger partial charge is 0.0454 e. The quantitative estimate of drug-likeness (QED) is 0.919. The van der Waals surface area contributed by atoms with Crippen molar-refractivity contribution in [2.24, 2.45) is 0 Å². The third-order valence-electron chi connectivity index (χ3n) is 4.33. The van der Waals surface area contributed by atoms with Gasteiger partial charge in [0.2, 0.25) is 0 Å². The molecular formula is C16H24ClN3. The first-order valence-corrected chi connectivity index (χ1v) is 8.12. The van der Waals surface area contributed by atoms with E-state index in [1.165, 1.54) is 37.1 Å². The fourth-order valence-electron chi connectivity index (χ4n) is 3.13. The van der Waals surface area contributed by atoms with Crippen LogP contribution in [-0.2, 0) is 13.1 Å². The molecule has 0 amide bonds. The lowest BCUT2D eigenvalue weighted by molar-refractivity contribution is 0.233. The van der Waals surface area contributed by atoms with Crippen molar-refractivity contribution >= 4 is 11.6 Å². The van der Waals surface area contributed by atoms with Gasteiger partial charge in [-0.2, -0.15) is 0 Å². The second kappa shape index (κ2) is 6.90. The average Bonchev–Trinajstić information content (AvgIpc) is 2.96. The fourth-order valence-corrected chi connectivity index (χ4v) is 3.39. The van der Waals surface area contributed by atoms with Gasteiger partial charge in [-0.25, -0.2) is 0 Å². The summed E-state index contributed by atoms with van der Waals surface area (Å²) < 4.78 is 0. The third kappa shape index (κ3) is 3.73. The molecule has 0 radical (unpaired) electrons. The Morgan fingerprint density at radius 3 is 2.35 bits per heavy atom. The molecule has 1 aromatic carbocycles. The SMILES string of the molecule is Clc1cc(CN2CCNCC2)ccc1CN1CCCC1. The summed E-state index contributed by atoms with van der Waals surface area (Å²) in [5, 5.41) is 4.32. The van der Waals surface area contributed by atoms with E-state index in [-0.39, 0.29) is 0 Å². The minimum absolute atomic E-state index is 0.935. The number of hydrogen-bond donors (Lipinski definition) is 1. The molecule has 3 rings (SSSR count). The lowest BCUT2D eigenvalue weighted by Gasteiger charge is -2.27. The number of hydrogen-bond acceptors (Lipinski definition) is 3. The molecule has 0 unspecified atom stereocenters. The van der Waals surface area contributed by atoms with E-state index in [0.29, 0.717) is 0 Å². The van der Waals surface area contributed by atoms with Crippen molar-refractivity contribution in [2.75, 3.05) is 39.3 Å². The first kappa shape index (κ1) is 14.3. The molecule has 0 aromatic heterocycles. The topological polar surface area (TPSA) is 18.5 Å². The van der Waals surface area contributed by atoms with Gasteiger partial charge >= 0.3 is 0 Å². The Morgan fingerprint density at radius 2 is 1.65 bits per heavy atom. The highest BCUT2D eigenvalue weighted by molar-refractivity contribution is 6.31. The van der Waals surface area contributed by atoms with Crippen molar-refractivity contribution in [3.63, 3.8) is 0 Å². The van der Waals surface area contributed by atoms with Gasteiger partial charge in [0.15, 0.2) is 0 Å². The second-order valence-electron chi connectivity index (χ2n) is 5.94. The second-order valence-corrected chi connectivity index (χ2v) is 6.34. The van der Waals surface area contributed by atoms with Gasteiger partial charge in [0.1, 0.15) is 0 Å². The maximum absolute atomic E-state index is 6.47. The molecule has 0 saturated carbocycles. The van der Waals surface area contributed by atoms with Gasteiger partial charge in [0.25, 0.3) is 0 Å². The van der Waals surface area contributed by atoms with Crippen LogP contribution in [0.2, 0.25) is 5.02 Å². The Kier molecular flexibility index (Phi) is 4.94. The van der Waals surface area contributed by atoms with Crippen molar-refractivity contribution in [3.8, 4) is 0 Å². The summed E-state index contributed by atoms with van der Waals surface area (Å²) in [5.41, 5.74) is 2.61. The molecule has 2 aliphatic rings. The maximum Gasteiger partial charge on any atom is 0.0454 e. The lowest BCUT2D eigenvalue weighted by atomic mass is 10.1. The van der Waals surface area contributed by atoms with Crippen LogP contribution >= 0.6 is 11.6 Å². The predicted molar refractivity (Wildman–Crippen MR) is 84.1 cm³/mol. The van der Waals surface area contributed by atoms with E-state index in [4.69, 9.17) is 11.6 Å². The fraction of sp³-hybridized carbons (Fsp3) is 0.625. The normalized spacial score (nSPS) is 21.4. The third-order valence-corrected chi connectivity index (χ3v) is 4.68. The van der Waals surface area contributed by atoms with E-state index < -0.39 is 0 Å². The molecule has 0 spiro atoms. The van der Waals surface area contributed by atoms with Gasteiger partial charge in [-0.1, -0.05) is 23.7 Å². The summed E-state index contributed by atoms with van der Waals surface area (Å²) in [5.74, 6) is 0. The number of rotatable bonds is 4. The summed E-state index contributed by atoms with van der Waals surface area (Å²) in [7, 11) is 0. The van der Waals surface area contributed by atoms with E-state index >= 15 is 0 Å². The molecule has 110 valence electrons. The Balaban J connectivity index is 1.60. The molecule has 2 aliphatic heterocycles. The minimum atomic E-state index is 0.935. The van der Waals surface area contributed by atoms with Gasteiger partial charge < -0.3 is 5.32 Å². The number of nitrogens with zero attached hydrogens (tertiary/aromatic N) is 2. The molecule has 0 aliphatic carbocycles. The van der Waals surface area contributed by atoms with E-state index in [2.05, 4.69) is 33.3 Å². The molecule has 20 heavy (non-hydrogen) atoms. The standard InChI is InChI=1S/C16H24ClN3/c17-16-11-14(12-20-9-5-18-6-10-20)3-4-15(16)13-19-7-1-2-8-19/h3-4,11,18H,1-2,5-10,12-13H2. The van der Waals surface area contributed by atoms with Crippen molar-refractivity contribution in [3.05, 3.63) is 34.3 Å². The van der Waals surface area contributed by atoms with Crippen molar-refractivity contribution in [1.29, 1.82) is 0 Å². The summed E-state index contributed by atoms with van der Waals surface area (Å²) in [4.78, 5) is 4.99. The van der Waals surface area contributed by atoms with Gasteiger partial charge in [0, 0.05) is 44.3 Å². The van der Waals surface area contributed by atoms with Crippen LogP contribution in [0.15, 0.2) is 18.2 Å². The molecule has 2 saturated heterocycles. The molecule has 1 aromatic rings. The van der Waals surface area contributed by atoms with E-state index in [0.717, 1.165) is 44.3 Å². The van der Waals surface area contributed by atoms with Crippen LogP contribution in [0.4, 0.5) is 0 Å². The molecule has 0 bridgehead atoms. The maximum atomic E-state index is 6.47. The molecule has 2 heterocycles. The van der Waals surface area contributed by atoms with Crippen LogP contribution in [0.3, 0.4) is 0 Å². The molecule has 4 heteroatoms. The van der Waals surface area contributed by atoms with Crippen molar-refractivity contribution in [1.82, 2.24) is 15.1 Å². The van der Waals surface area contributed by atoms with Gasteiger partial charge in [-0.05, 0) is 43.1 Å². The average molecular weight is 294 g/mol. The Morgan fingerprint density at radius 1 is 0.950 bits per heavy atom. The van der Waals surface area contributed by atoms with E-state index in [1.807, 2.05) is 0 Å². The largest absolute Gasteiger partial charge is 0.314 e. The first-order valence-electron chi connectivity index (χ1n) is 7.74. The summed E-state index contributed by atoms with van der Waals surface area (Å²) in [6, 6.07) is 6.63. The van der Waals surface area contributed by atoms with Crippen LogP contribution in [0.1, 0.15) is 24.0 Å². The Hall–Kier alpha value is -0.610. The summed E-state index contributed by atoms with van der Waals surface area (Å²) >= 11 is 6.47. The highest BCUT2D eigenvalue weighted by Gasteiger charge is 2.14. The first-order chi connectivity index (χ1) is 9.81. The summed E-state index contributed by atoms with van der Waals surface area (Å²) in [6.45, 7) is 8.93.